The van der Waals surface area contributed by atoms with Crippen LogP contribution in [-0.2, 0) is 6.42 Å². The van der Waals surface area contributed by atoms with Gasteiger partial charge < -0.3 is 11.1 Å². The molecule has 0 spiro atoms. The van der Waals surface area contributed by atoms with Crippen molar-refractivity contribution in [1.82, 2.24) is 4.98 Å². The lowest BCUT2D eigenvalue weighted by molar-refractivity contribution is 0.102. The highest BCUT2D eigenvalue weighted by molar-refractivity contribution is 6.04. The van der Waals surface area contributed by atoms with Crippen molar-refractivity contribution >= 4 is 17.4 Å². The molecule has 0 aliphatic rings. The lowest BCUT2D eigenvalue weighted by Gasteiger charge is -2.09. The van der Waals surface area contributed by atoms with Crippen LogP contribution in [0.1, 0.15) is 35.0 Å². The van der Waals surface area contributed by atoms with Crippen LogP contribution in [0.5, 0.6) is 0 Å². The second-order valence-corrected chi connectivity index (χ2v) is 4.96. The monoisotopic (exact) mass is 287 g/mol. The molecule has 0 bridgehead atoms. The van der Waals surface area contributed by atoms with Crippen LogP contribution in [0.25, 0.3) is 0 Å². The average molecular weight is 287 g/mol. The molecule has 0 radical (unpaired) electrons. The minimum absolute atomic E-state index is 0.151. The molecule has 0 saturated carbocycles. The Morgan fingerprint density at radius 1 is 1.33 bits per heavy atom. The Bertz CT molecular complexity index is 671. The van der Waals surface area contributed by atoms with Crippen molar-refractivity contribution in [2.45, 2.75) is 26.7 Å². The minimum Gasteiger partial charge on any atom is -0.384 e. The van der Waals surface area contributed by atoms with E-state index < -0.39 is 11.7 Å². The fourth-order valence-electron chi connectivity index (χ4n) is 2.04. The number of carbonyl (C=O) groups is 1. The number of pyridine rings is 1. The van der Waals surface area contributed by atoms with Crippen LogP contribution >= 0.6 is 0 Å². The second-order valence-electron chi connectivity index (χ2n) is 4.96. The first-order valence-electron chi connectivity index (χ1n) is 6.83. The Morgan fingerprint density at radius 3 is 2.76 bits per heavy atom. The molecule has 3 N–H and O–H groups in total. The topological polar surface area (TPSA) is 68.0 Å². The fourth-order valence-corrected chi connectivity index (χ4v) is 2.04. The summed E-state index contributed by atoms with van der Waals surface area (Å²) in [5.74, 6) is -0.571. The van der Waals surface area contributed by atoms with E-state index in [4.69, 9.17) is 5.73 Å². The van der Waals surface area contributed by atoms with Crippen LogP contribution in [0.4, 0.5) is 15.9 Å². The number of nitrogens with zero attached hydrogens (tertiary/aromatic N) is 1. The molecule has 2 rings (SSSR count). The summed E-state index contributed by atoms with van der Waals surface area (Å²) in [4.78, 5) is 16.4. The Hall–Kier alpha value is -2.43. The van der Waals surface area contributed by atoms with Gasteiger partial charge in [-0.2, -0.15) is 0 Å². The van der Waals surface area contributed by atoms with Gasteiger partial charge in [0.25, 0.3) is 5.91 Å². The molecule has 21 heavy (non-hydrogen) atoms. The van der Waals surface area contributed by atoms with Gasteiger partial charge in [-0.3, -0.25) is 4.79 Å². The third-order valence-corrected chi connectivity index (χ3v) is 3.04. The van der Waals surface area contributed by atoms with Gasteiger partial charge in [-0.05, 0) is 43.2 Å². The van der Waals surface area contributed by atoms with E-state index in [9.17, 15) is 9.18 Å². The number of carbonyl (C=O) groups excluding carboxylic acids is 1. The number of aryl methyl sites for hydroxylation is 2. The van der Waals surface area contributed by atoms with Crippen molar-refractivity contribution in [2.75, 3.05) is 11.1 Å². The molecule has 1 amide bonds. The largest absolute Gasteiger partial charge is 0.384 e. The number of hydrogen-bond acceptors (Lipinski definition) is 3. The van der Waals surface area contributed by atoms with E-state index >= 15 is 0 Å². The highest BCUT2D eigenvalue weighted by Crippen LogP contribution is 2.17. The summed E-state index contributed by atoms with van der Waals surface area (Å²) in [5.41, 5.74) is 7.79. The quantitative estimate of drug-likeness (QED) is 0.906. The van der Waals surface area contributed by atoms with Gasteiger partial charge in [-0.25, -0.2) is 9.37 Å². The van der Waals surface area contributed by atoms with E-state index in [-0.39, 0.29) is 11.5 Å². The Balaban J connectivity index is 2.23. The minimum atomic E-state index is -0.459. The lowest BCUT2D eigenvalue weighted by atomic mass is 10.1. The number of rotatable bonds is 4. The predicted octanol–water partition coefficient (Wildman–Crippen LogP) is 3.32. The number of amides is 1. The van der Waals surface area contributed by atoms with Gasteiger partial charge >= 0.3 is 0 Å². The average Bonchev–Trinajstić information content (AvgIpc) is 2.41. The molecule has 4 nitrogen and oxygen atoms in total. The highest BCUT2D eigenvalue weighted by Gasteiger charge is 2.11. The predicted molar refractivity (Wildman–Crippen MR) is 81.7 cm³/mol. The molecule has 0 aliphatic carbocycles. The van der Waals surface area contributed by atoms with Crippen molar-refractivity contribution in [1.29, 1.82) is 0 Å². The maximum atomic E-state index is 13.8. The number of hydrogen-bond donors (Lipinski definition) is 2. The number of anilines is 2. The molecular formula is C16H18FN3O. The standard InChI is InChI=1S/C16H18FN3O/c1-3-4-12-8-11(9-15(18)19-12)16(21)20-14-6-5-10(2)7-13(14)17/h5-9H,3-4H2,1-2H3,(H2,18,19)(H,20,21). The summed E-state index contributed by atoms with van der Waals surface area (Å²) in [5, 5.41) is 2.55. The van der Waals surface area contributed by atoms with E-state index in [0.29, 0.717) is 5.56 Å². The molecule has 0 aliphatic heterocycles. The van der Waals surface area contributed by atoms with E-state index in [0.717, 1.165) is 24.1 Å². The van der Waals surface area contributed by atoms with E-state index in [1.54, 1.807) is 25.1 Å². The Labute approximate surface area is 123 Å². The Kier molecular flexibility index (Phi) is 4.52. The van der Waals surface area contributed by atoms with Gasteiger partial charge in [0.2, 0.25) is 0 Å². The zero-order valence-electron chi connectivity index (χ0n) is 12.1. The summed E-state index contributed by atoms with van der Waals surface area (Å²) in [6.07, 6.45) is 1.65. The van der Waals surface area contributed by atoms with Gasteiger partial charge in [0.1, 0.15) is 11.6 Å². The number of halogens is 1. The third-order valence-electron chi connectivity index (χ3n) is 3.04. The SMILES string of the molecule is CCCc1cc(C(=O)Nc2ccc(C)cc2F)cc(N)n1. The number of nitrogens with one attached hydrogen (secondary N) is 1. The first-order valence-corrected chi connectivity index (χ1v) is 6.83. The van der Waals surface area contributed by atoms with Gasteiger partial charge in [0.05, 0.1) is 5.69 Å². The molecule has 0 unspecified atom stereocenters. The number of benzene rings is 1. The maximum Gasteiger partial charge on any atom is 0.255 e. The van der Waals surface area contributed by atoms with Gasteiger partial charge in [-0.15, -0.1) is 0 Å². The number of nitrogen functional groups attached to an aromatic ring is 1. The second kappa shape index (κ2) is 6.35. The van der Waals surface area contributed by atoms with Crippen molar-refractivity contribution < 1.29 is 9.18 Å². The van der Waals surface area contributed by atoms with Crippen molar-refractivity contribution in [3.63, 3.8) is 0 Å². The molecular weight excluding hydrogens is 269 g/mol. The van der Waals surface area contributed by atoms with E-state index in [2.05, 4.69) is 10.3 Å². The summed E-state index contributed by atoms with van der Waals surface area (Å²) >= 11 is 0. The highest BCUT2D eigenvalue weighted by atomic mass is 19.1. The van der Waals surface area contributed by atoms with Gasteiger partial charge in [0.15, 0.2) is 0 Å². The molecule has 2 aromatic rings. The van der Waals surface area contributed by atoms with Crippen LogP contribution in [0.15, 0.2) is 30.3 Å². The lowest BCUT2D eigenvalue weighted by Crippen LogP contribution is -2.14. The first-order chi connectivity index (χ1) is 9.99. The molecule has 1 heterocycles. The molecule has 0 fully saturated rings. The molecule has 110 valence electrons. The van der Waals surface area contributed by atoms with Gasteiger partial charge in [0, 0.05) is 11.3 Å². The van der Waals surface area contributed by atoms with E-state index in [1.165, 1.54) is 12.1 Å². The zero-order chi connectivity index (χ0) is 15.4. The van der Waals surface area contributed by atoms with E-state index in [1.807, 2.05) is 6.92 Å². The fraction of sp³-hybridized carbons (Fsp3) is 0.250. The zero-order valence-corrected chi connectivity index (χ0v) is 12.1. The summed E-state index contributed by atoms with van der Waals surface area (Å²) in [6.45, 7) is 3.81. The number of nitrogens with two attached hydrogens (primary N) is 1. The van der Waals surface area contributed by atoms with Crippen molar-refractivity contribution in [3.8, 4) is 0 Å². The van der Waals surface area contributed by atoms with Crippen LogP contribution < -0.4 is 11.1 Å². The van der Waals surface area contributed by atoms with Crippen LogP contribution in [-0.4, -0.2) is 10.9 Å². The molecule has 0 atom stereocenters. The summed E-state index contributed by atoms with van der Waals surface area (Å²) in [6, 6.07) is 7.82. The van der Waals surface area contributed by atoms with Crippen LogP contribution in [0, 0.1) is 12.7 Å². The first kappa shape index (κ1) is 15.0. The van der Waals surface area contributed by atoms with Crippen molar-refractivity contribution in [3.05, 3.63) is 53.0 Å². The molecule has 5 heteroatoms. The maximum absolute atomic E-state index is 13.8. The molecule has 0 saturated heterocycles. The van der Waals surface area contributed by atoms with Crippen LogP contribution in [0.2, 0.25) is 0 Å². The van der Waals surface area contributed by atoms with Crippen molar-refractivity contribution in [2.24, 2.45) is 0 Å². The molecule has 1 aromatic carbocycles. The Morgan fingerprint density at radius 2 is 2.10 bits per heavy atom. The van der Waals surface area contributed by atoms with Gasteiger partial charge in [-0.1, -0.05) is 19.4 Å². The van der Waals surface area contributed by atoms with Crippen LogP contribution in [0.3, 0.4) is 0 Å². The normalized spacial score (nSPS) is 10.4. The summed E-state index contributed by atoms with van der Waals surface area (Å²) < 4.78 is 13.8. The third kappa shape index (κ3) is 3.78. The smallest absolute Gasteiger partial charge is 0.255 e. The summed E-state index contributed by atoms with van der Waals surface area (Å²) in [7, 11) is 0. The molecule has 1 aromatic heterocycles. The number of aromatic nitrogens is 1.